The number of para-hydroxylation sites is 1. The van der Waals surface area contributed by atoms with Crippen molar-refractivity contribution in [2.45, 2.75) is 13.8 Å². The highest BCUT2D eigenvalue weighted by atomic mass is 79.9. The highest BCUT2D eigenvalue weighted by molar-refractivity contribution is 9.10. The lowest BCUT2D eigenvalue weighted by Crippen LogP contribution is -2.24. The van der Waals surface area contributed by atoms with Crippen molar-refractivity contribution in [3.8, 4) is 5.75 Å². The SMILES string of the molecule is CC(C)CNCCOc1ccccc1Br. The molecular weight excluding hydrogens is 254 g/mol. The van der Waals surface area contributed by atoms with E-state index in [1.54, 1.807) is 0 Å². The molecule has 0 aromatic heterocycles. The summed E-state index contributed by atoms with van der Waals surface area (Å²) in [6.07, 6.45) is 0. The van der Waals surface area contributed by atoms with Crippen molar-refractivity contribution in [3.05, 3.63) is 28.7 Å². The van der Waals surface area contributed by atoms with Crippen LogP contribution in [0.25, 0.3) is 0 Å². The van der Waals surface area contributed by atoms with Crippen LogP contribution < -0.4 is 10.1 Å². The molecule has 84 valence electrons. The van der Waals surface area contributed by atoms with Crippen LogP contribution in [0.1, 0.15) is 13.8 Å². The van der Waals surface area contributed by atoms with Crippen molar-refractivity contribution in [2.24, 2.45) is 5.92 Å². The van der Waals surface area contributed by atoms with Crippen molar-refractivity contribution >= 4 is 15.9 Å². The van der Waals surface area contributed by atoms with E-state index in [-0.39, 0.29) is 0 Å². The van der Waals surface area contributed by atoms with Crippen molar-refractivity contribution in [1.82, 2.24) is 5.32 Å². The second-order valence-corrected chi connectivity index (χ2v) is 4.73. The van der Waals surface area contributed by atoms with Gasteiger partial charge in [0.15, 0.2) is 0 Å². The summed E-state index contributed by atoms with van der Waals surface area (Å²) in [5.74, 6) is 1.59. The third-order valence-electron chi connectivity index (χ3n) is 1.93. The quantitative estimate of drug-likeness (QED) is 0.803. The van der Waals surface area contributed by atoms with E-state index in [0.29, 0.717) is 12.5 Å². The Morgan fingerprint density at radius 1 is 1.33 bits per heavy atom. The third-order valence-corrected chi connectivity index (χ3v) is 2.58. The molecule has 0 unspecified atom stereocenters. The molecule has 0 saturated heterocycles. The van der Waals surface area contributed by atoms with Gasteiger partial charge < -0.3 is 10.1 Å². The fraction of sp³-hybridized carbons (Fsp3) is 0.500. The molecule has 3 heteroatoms. The van der Waals surface area contributed by atoms with E-state index < -0.39 is 0 Å². The third kappa shape index (κ3) is 5.19. The van der Waals surface area contributed by atoms with Crippen LogP contribution in [0.3, 0.4) is 0 Å². The van der Waals surface area contributed by atoms with Crippen LogP contribution in [0.5, 0.6) is 5.75 Å². The fourth-order valence-corrected chi connectivity index (χ4v) is 1.58. The number of hydrogen-bond donors (Lipinski definition) is 1. The van der Waals surface area contributed by atoms with Gasteiger partial charge in [0.2, 0.25) is 0 Å². The zero-order valence-corrected chi connectivity index (χ0v) is 10.9. The van der Waals surface area contributed by atoms with Gasteiger partial charge in [0.1, 0.15) is 12.4 Å². The molecule has 1 aromatic rings. The van der Waals surface area contributed by atoms with E-state index in [4.69, 9.17) is 4.74 Å². The summed E-state index contributed by atoms with van der Waals surface area (Å²) in [4.78, 5) is 0. The molecule has 0 spiro atoms. The zero-order chi connectivity index (χ0) is 11.1. The van der Waals surface area contributed by atoms with Gasteiger partial charge in [0, 0.05) is 6.54 Å². The molecule has 0 heterocycles. The van der Waals surface area contributed by atoms with Gasteiger partial charge in [0.05, 0.1) is 4.47 Å². The highest BCUT2D eigenvalue weighted by Gasteiger charge is 1.98. The van der Waals surface area contributed by atoms with E-state index in [2.05, 4.69) is 35.1 Å². The molecule has 0 radical (unpaired) electrons. The highest BCUT2D eigenvalue weighted by Crippen LogP contribution is 2.23. The van der Waals surface area contributed by atoms with Crippen molar-refractivity contribution in [1.29, 1.82) is 0 Å². The first-order valence-electron chi connectivity index (χ1n) is 5.28. The average molecular weight is 272 g/mol. The van der Waals surface area contributed by atoms with Gasteiger partial charge in [-0.1, -0.05) is 26.0 Å². The molecule has 1 rings (SSSR count). The van der Waals surface area contributed by atoms with E-state index in [0.717, 1.165) is 23.3 Å². The average Bonchev–Trinajstić information content (AvgIpc) is 2.20. The summed E-state index contributed by atoms with van der Waals surface area (Å²) >= 11 is 3.44. The largest absolute Gasteiger partial charge is 0.491 e. The molecule has 0 aliphatic rings. The number of rotatable bonds is 6. The predicted molar refractivity (Wildman–Crippen MR) is 67.3 cm³/mol. The van der Waals surface area contributed by atoms with Crippen LogP contribution >= 0.6 is 15.9 Å². The Hall–Kier alpha value is -0.540. The van der Waals surface area contributed by atoms with Gasteiger partial charge in [0.25, 0.3) is 0 Å². The van der Waals surface area contributed by atoms with Crippen LogP contribution in [0.2, 0.25) is 0 Å². The van der Waals surface area contributed by atoms with Crippen LogP contribution in [0.4, 0.5) is 0 Å². The standard InChI is InChI=1S/C12H18BrNO/c1-10(2)9-14-7-8-15-12-6-4-3-5-11(12)13/h3-6,10,14H,7-9H2,1-2H3. The molecule has 2 nitrogen and oxygen atoms in total. The van der Waals surface area contributed by atoms with Crippen LogP contribution in [-0.4, -0.2) is 19.7 Å². The van der Waals surface area contributed by atoms with E-state index in [1.165, 1.54) is 0 Å². The molecule has 1 aromatic carbocycles. The Morgan fingerprint density at radius 3 is 2.73 bits per heavy atom. The molecule has 1 N–H and O–H groups in total. The Morgan fingerprint density at radius 2 is 2.07 bits per heavy atom. The van der Waals surface area contributed by atoms with E-state index in [1.807, 2.05) is 24.3 Å². The first kappa shape index (κ1) is 12.5. The van der Waals surface area contributed by atoms with Crippen LogP contribution in [-0.2, 0) is 0 Å². The maximum atomic E-state index is 5.61. The van der Waals surface area contributed by atoms with Crippen LogP contribution in [0, 0.1) is 5.92 Å². The Bertz CT molecular complexity index is 289. The van der Waals surface area contributed by atoms with E-state index in [9.17, 15) is 0 Å². The summed E-state index contributed by atoms with van der Waals surface area (Å²) in [7, 11) is 0. The van der Waals surface area contributed by atoms with Crippen molar-refractivity contribution < 1.29 is 4.74 Å². The minimum Gasteiger partial charge on any atom is -0.491 e. The first-order valence-corrected chi connectivity index (χ1v) is 6.07. The lowest BCUT2D eigenvalue weighted by atomic mass is 10.2. The number of ether oxygens (including phenoxy) is 1. The molecule has 0 bridgehead atoms. The molecular formula is C12H18BrNO. The van der Waals surface area contributed by atoms with Gasteiger partial charge in [-0.15, -0.1) is 0 Å². The van der Waals surface area contributed by atoms with Crippen LogP contribution in [0.15, 0.2) is 28.7 Å². The predicted octanol–water partition coefficient (Wildman–Crippen LogP) is 3.07. The zero-order valence-electron chi connectivity index (χ0n) is 9.29. The minimum atomic E-state index is 0.688. The molecule has 0 amide bonds. The Labute approximate surface area is 100 Å². The first-order chi connectivity index (χ1) is 7.20. The van der Waals surface area contributed by atoms with Gasteiger partial charge in [-0.3, -0.25) is 0 Å². The summed E-state index contributed by atoms with van der Waals surface area (Å²) in [5, 5.41) is 3.33. The number of hydrogen-bond acceptors (Lipinski definition) is 2. The molecule has 0 fully saturated rings. The summed E-state index contributed by atoms with van der Waals surface area (Å²) in [6, 6.07) is 7.90. The van der Waals surface area contributed by atoms with Gasteiger partial charge in [-0.05, 0) is 40.5 Å². The summed E-state index contributed by atoms with van der Waals surface area (Å²) in [5.41, 5.74) is 0. The lowest BCUT2D eigenvalue weighted by Gasteiger charge is -2.09. The molecule has 0 aliphatic heterocycles. The minimum absolute atomic E-state index is 0.688. The van der Waals surface area contributed by atoms with Crippen molar-refractivity contribution in [3.63, 3.8) is 0 Å². The van der Waals surface area contributed by atoms with E-state index >= 15 is 0 Å². The lowest BCUT2D eigenvalue weighted by molar-refractivity contribution is 0.309. The second kappa shape index (κ2) is 6.85. The molecule has 0 saturated carbocycles. The second-order valence-electron chi connectivity index (χ2n) is 3.88. The van der Waals surface area contributed by atoms with Crippen molar-refractivity contribution in [2.75, 3.05) is 19.7 Å². The van der Waals surface area contributed by atoms with Gasteiger partial charge >= 0.3 is 0 Å². The fourth-order valence-electron chi connectivity index (χ4n) is 1.19. The molecule has 0 atom stereocenters. The monoisotopic (exact) mass is 271 g/mol. The maximum Gasteiger partial charge on any atom is 0.133 e. The smallest absolute Gasteiger partial charge is 0.133 e. The maximum absolute atomic E-state index is 5.61. The number of benzene rings is 1. The topological polar surface area (TPSA) is 21.3 Å². The summed E-state index contributed by atoms with van der Waals surface area (Å²) in [6.45, 7) is 7.03. The summed E-state index contributed by atoms with van der Waals surface area (Å²) < 4.78 is 6.62. The van der Waals surface area contributed by atoms with Gasteiger partial charge in [-0.2, -0.15) is 0 Å². The van der Waals surface area contributed by atoms with Gasteiger partial charge in [-0.25, -0.2) is 0 Å². The Kier molecular flexibility index (Phi) is 5.73. The Balaban J connectivity index is 2.18. The number of nitrogens with one attached hydrogen (secondary N) is 1. The molecule has 15 heavy (non-hydrogen) atoms. The normalized spacial score (nSPS) is 10.7. The molecule has 0 aliphatic carbocycles. The number of halogens is 1.